The first-order chi connectivity index (χ1) is 12.6. The summed E-state index contributed by atoms with van der Waals surface area (Å²) in [5.74, 6) is 0.990. The van der Waals surface area contributed by atoms with E-state index in [2.05, 4.69) is 19.2 Å². The number of piperidine rings is 1. The van der Waals surface area contributed by atoms with Gasteiger partial charge in [-0.2, -0.15) is 9.78 Å². The van der Waals surface area contributed by atoms with E-state index in [4.69, 9.17) is 14.5 Å². The second-order valence-corrected chi connectivity index (χ2v) is 10.6. The molecule has 5 atom stereocenters. The molecule has 0 radical (unpaired) electrons. The Morgan fingerprint density at radius 2 is 1.74 bits per heavy atom. The number of nitrogens with zero attached hydrogens (tertiary/aromatic N) is 1. The second kappa shape index (κ2) is 6.60. The Balaban J connectivity index is 1.42. The predicted octanol–water partition coefficient (Wildman–Crippen LogP) is 4.05. The first-order valence-corrected chi connectivity index (χ1v) is 10.7. The van der Waals surface area contributed by atoms with Gasteiger partial charge in [0, 0.05) is 43.3 Å². The van der Waals surface area contributed by atoms with Gasteiger partial charge in [0.2, 0.25) is 11.6 Å². The third-order valence-electron chi connectivity index (χ3n) is 6.95. The summed E-state index contributed by atoms with van der Waals surface area (Å²) in [6.07, 6.45) is 6.14. The summed E-state index contributed by atoms with van der Waals surface area (Å²) in [6.45, 7) is 11.9. The van der Waals surface area contributed by atoms with Crippen LogP contribution in [-0.2, 0) is 14.5 Å². The summed E-state index contributed by atoms with van der Waals surface area (Å²) in [4.78, 5) is 26.3. The molecule has 2 bridgehead atoms. The van der Waals surface area contributed by atoms with Crippen LogP contribution in [0.3, 0.4) is 0 Å². The smallest absolute Gasteiger partial charge is 0.317 e. The Morgan fingerprint density at radius 1 is 1.04 bits per heavy atom. The van der Waals surface area contributed by atoms with Gasteiger partial charge >= 0.3 is 6.03 Å². The lowest BCUT2D eigenvalue weighted by Gasteiger charge is -2.50. The average Bonchev–Trinajstić information content (AvgIpc) is 2.93. The maximum Gasteiger partial charge on any atom is 0.317 e. The molecule has 27 heavy (non-hydrogen) atoms. The van der Waals surface area contributed by atoms with Crippen molar-refractivity contribution in [1.29, 1.82) is 0 Å². The molecule has 0 aromatic carbocycles. The minimum Gasteiger partial charge on any atom is -0.333 e. The second-order valence-electron chi connectivity index (χ2n) is 10.6. The van der Waals surface area contributed by atoms with E-state index in [1.165, 1.54) is 12.8 Å². The standard InChI is InChI=1S/C21H36N2O4/c1-14-10-16-12-15(2)21(17(11-14)13-16)25-20(26-27-21)6-8-23(9-7-20)18(24)22-19(3,4)5/h14-17H,6-13H2,1-5H3,(H,22,24). The van der Waals surface area contributed by atoms with Crippen molar-refractivity contribution < 1.29 is 19.3 Å². The Hall–Kier alpha value is -0.850. The van der Waals surface area contributed by atoms with E-state index in [-0.39, 0.29) is 11.6 Å². The largest absolute Gasteiger partial charge is 0.333 e. The summed E-state index contributed by atoms with van der Waals surface area (Å²) < 4.78 is 6.69. The Labute approximate surface area is 163 Å². The topological polar surface area (TPSA) is 60.0 Å². The molecule has 0 aromatic heterocycles. The highest BCUT2D eigenvalue weighted by molar-refractivity contribution is 5.75. The molecule has 5 unspecified atom stereocenters. The van der Waals surface area contributed by atoms with E-state index < -0.39 is 11.6 Å². The van der Waals surface area contributed by atoms with Crippen LogP contribution in [-0.4, -0.2) is 41.1 Å². The maximum atomic E-state index is 12.4. The maximum absolute atomic E-state index is 12.4. The molecule has 2 spiro atoms. The van der Waals surface area contributed by atoms with Crippen LogP contribution in [0.5, 0.6) is 0 Å². The van der Waals surface area contributed by atoms with Crippen molar-refractivity contribution in [3.63, 3.8) is 0 Å². The van der Waals surface area contributed by atoms with Gasteiger partial charge in [-0.1, -0.05) is 13.8 Å². The van der Waals surface area contributed by atoms with Gasteiger partial charge in [0.15, 0.2) is 0 Å². The van der Waals surface area contributed by atoms with Gasteiger partial charge in [-0.25, -0.2) is 4.79 Å². The number of hydrogen-bond donors (Lipinski definition) is 1. The zero-order valence-electron chi connectivity index (χ0n) is 17.5. The third kappa shape index (κ3) is 3.60. The summed E-state index contributed by atoms with van der Waals surface area (Å²) in [5.41, 5.74) is -0.231. The number of likely N-dealkylation sites (tertiary alicyclic amines) is 1. The number of carbonyl (C=O) groups excluding carboxylic acids is 1. The van der Waals surface area contributed by atoms with Crippen molar-refractivity contribution >= 4 is 6.03 Å². The van der Waals surface area contributed by atoms with E-state index in [0.29, 0.717) is 37.8 Å². The van der Waals surface area contributed by atoms with Gasteiger partial charge in [0.25, 0.3) is 0 Å². The molecule has 0 aromatic rings. The quantitative estimate of drug-likeness (QED) is 0.644. The van der Waals surface area contributed by atoms with Crippen molar-refractivity contribution in [2.24, 2.45) is 23.7 Å². The number of ether oxygens (including phenoxy) is 1. The minimum absolute atomic E-state index is 0.0130. The van der Waals surface area contributed by atoms with Gasteiger partial charge in [0.05, 0.1) is 0 Å². The molecule has 2 saturated heterocycles. The van der Waals surface area contributed by atoms with E-state index in [9.17, 15) is 4.79 Å². The zero-order chi connectivity index (χ0) is 19.4. The van der Waals surface area contributed by atoms with Gasteiger partial charge < -0.3 is 15.0 Å². The van der Waals surface area contributed by atoms with Crippen LogP contribution in [0, 0.1) is 23.7 Å². The Morgan fingerprint density at radius 3 is 2.41 bits per heavy atom. The number of carbonyl (C=O) groups is 1. The molecule has 4 aliphatic rings. The molecule has 6 heteroatoms. The van der Waals surface area contributed by atoms with E-state index in [0.717, 1.165) is 24.7 Å². The monoisotopic (exact) mass is 380 g/mol. The SMILES string of the molecule is CC1CC2CC(C)C3(OOC4(CCN(C(=O)NC(C)(C)C)CC4)O3)C(C1)C2. The number of rotatable bonds is 0. The van der Waals surface area contributed by atoms with Crippen LogP contribution < -0.4 is 5.32 Å². The lowest BCUT2D eigenvalue weighted by atomic mass is 9.62. The summed E-state index contributed by atoms with van der Waals surface area (Å²) in [5, 5.41) is 3.04. The molecule has 4 fully saturated rings. The van der Waals surface area contributed by atoms with Crippen molar-refractivity contribution in [2.45, 2.75) is 90.3 Å². The molecule has 2 amide bonds. The first kappa shape index (κ1) is 19.5. The number of amides is 2. The molecule has 6 nitrogen and oxygen atoms in total. The highest BCUT2D eigenvalue weighted by Crippen LogP contribution is 2.57. The number of urea groups is 1. The first-order valence-electron chi connectivity index (χ1n) is 10.7. The molecular weight excluding hydrogens is 344 g/mol. The fraction of sp³-hybridized carbons (Fsp3) is 0.952. The van der Waals surface area contributed by atoms with Crippen molar-refractivity contribution in [3.05, 3.63) is 0 Å². The van der Waals surface area contributed by atoms with Gasteiger partial charge in [-0.05, 0) is 58.3 Å². The van der Waals surface area contributed by atoms with Crippen LogP contribution >= 0.6 is 0 Å². The minimum atomic E-state index is -0.694. The fourth-order valence-corrected chi connectivity index (χ4v) is 5.77. The Kier molecular flexibility index (Phi) is 4.76. The van der Waals surface area contributed by atoms with E-state index in [1.54, 1.807) is 0 Å². The molecule has 2 heterocycles. The van der Waals surface area contributed by atoms with E-state index in [1.807, 2.05) is 25.7 Å². The molecule has 2 aliphatic heterocycles. The molecule has 2 aliphatic carbocycles. The van der Waals surface area contributed by atoms with Gasteiger partial charge in [-0.3, -0.25) is 0 Å². The normalized spacial score (nSPS) is 41.1. The van der Waals surface area contributed by atoms with Gasteiger partial charge in [0.1, 0.15) is 0 Å². The van der Waals surface area contributed by atoms with Crippen LogP contribution in [0.1, 0.15) is 73.1 Å². The van der Waals surface area contributed by atoms with Crippen LogP contribution in [0.4, 0.5) is 4.79 Å². The molecular formula is C21H36N2O4. The molecule has 154 valence electrons. The van der Waals surface area contributed by atoms with Crippen molar-refractivity contribution in [3.8, 4) is 0 Å². The van der Waals surface area contributed by atoms with Crippen molar-refractivity contribution in [1.82, 2.24) is 10.2 Å². The number of fused-ring (bicyclic) bond motifs is 3. The van der Waals surface area contributed by atoms with Crippen LogP contribution in [0.2, 0.25) is 0 Å². The molecule has 1 N–H and O–H groups in total. The summed E-state index contributed by atoms with van der Waals surface area (Å²) in [6, 6.07) is -0.0130. The number of nitrogens with one attached hydrogen (secondary N) is 1. The lowest BCUT2D eigenvalue weighted by molar-refractivity contribution is -0.380. The molecule has 4 rings (SSSR count). The predicted molar refractivity (Wildman–Crippen MR) is 102 cm³/mol. The van der Waals surface area contributed by atoms with Crippen LogP contribution in [0.15, 0.2) is 0 Å². The molecule has 2 saturated carbocycles. The highest BCUT2D eigenvalue weighted by Gasteiger charge is 2.63. The third-order valence-corrected chi connectivity index (χ3v) is 6.95. The van der Waals surface area contributed by atoms with Gasteiger partial charge in [-0.15, -0.1) is 0 Å². The zero-order valence-corrected chi connectivity index (χ0v) is 17.5. The Bertz CT molecular complexity index is 577. The van der Waals surface area contributed by atoms with E-state index >= 15 is 0 Å². The summed E-state index contributed by atoms with van der Waals surface area (Å²) in [7, 11) is 0. The average molecular weight is 381 g/mol. The lowest BCUT2D eigenvalue weighted by Crippen LogP contribution is -2.56. The number of hydrogen-bond acceptors (Lipinski definition) is 4. The van der Waals surface area contributed by atoms with Crippen molar-refractivity contribution in [2.75, 3.05) is 13.1 Å². The van der Waals surface area contributed by atoms with Crippen LogP contribution in [0.25, 0.3) is 0 Å². The summed E-state index contributed by atoms with van der Waals surface area (Å²) >= 11 is 0. The highest BCUT2D eigenvalue weighted by atomic mass is 17.3. The fourth-order valence-electron chi connectivity index (χ4n) is 5.77.